The van der Waals surface area contributed by atoms with E-state index in [1.807, 2.05) is 6.07 Å². The van der Waals surface area contributed by atoms with Gasteiger partial charge in [-0.3, -0.25) is 4.79 Å². The maximum atomic E-state index is 11.1. The van der Waals surface area contributed by atoms with E-state index in [0.29, 0.717) is 29.4 Å². The zero-order valence-electron chi connectivity index (χ0n) is 9.48. The normalized spacial score (nSPS) is 10.5. The molecular formula is C12H12ClN3O2. The average Bonchev–Trinajstić information content (AvgIpc) is 2.29. The fourth-order valence-corrected chi connectivity index (χ4v) is 1.74. The van der Waals surface area contributed by atoms with Gasteiger partial charge in [-0.25, -0.2) is 4.98 Å². The molecule has 1 aromatic carbocycles. The van der Waals surface area contributed by atoms with Crippen LogP contribution in [0.2, 0.25) is 5.02 Å². The minimum absolute atomic E-state index is 0.274. The number of aryl methyl sites for hydroxylation is 2. The van der Waals surface area contributed by atoms with Crippen molar-refractivity contribution in [3.05, 3.63) is 51.0 Å². The summed E-state index contributed by atoms with van der Waals surface area (Å²) in [5.41, 5.74) is 6.83. The SMILES string of the molecule is Nc1cc(CCc2nc(O)cc(=O)[nH]2)ccc1Cl. The van der Waals surface area contributed by atoms with Crippen molar-refractivity contribution < 1.29 is 5.11 Å². The van der Waals surface area contributed by atoms with Gasteiger partial charge in [-0.05, 0) is 24.1 Å². The summed E-state index contributed by atoms with van der Waals surface area (Å²) >= 11 is 5.82. The van der Waals surface area contributed by atoms with Crippen molar-refractivity contribution in [3.63, 3.8) is 0 Å². The number of H-pyrrole nitrogens is 1. The number of anilines is 1. The number of nitrogens with zero attached hydrogens (tertiary/aromatic N) is 1. The number of hydrogen-bond donors (Lipinski definition) is 3. The highest BCUT2D eigenvalue weighted by molar-refractivity contribution is 6.33. The molecule has 5 nitrogen and oxygen atoms in total. The number of halogens is 1. The highest BCUT2D eigenvalue weighted by Crippen LogP contribution is 2.20. The molecule has 2 aromatic rings. The molecule has 0 spiro atoms. The lowest BCUT2D eigenvalue weighted by Crippen LogP contribution is -2.10. The van der Waals surface area contributed by atoms with Crippen LogP contribution in [0.15, 0.2) is 29.1 Å². The van der Waals surface area contributed by atoms with Crippen LogP contribution in [0, 0.1) is 0 Å². The van der Waals surface area contributed by atoms with Crippen molar-refractivity contribution in [2.24, 2.45) is 0 Å². The van der Waals surface area contributed by atoms with Gasteiger partial charge in [-0.15, -0.1) is 0 Å². The van der Waals surface area contributed by atoms with Crippen molar-refractivity contribution in [3.8, 4) is 5.88 Å². The van der Waals surface area contributed by atoms with Crippen molar-refractivity contribution in [1.82, 2.24) is 9.97 Å². The number of nitrogens with one attached hydrogen (secondary N) is 1. The standard InChI is InChI=1S/C12H12ClN3O2/c13-8-3-1-7(5-9(8)14)2-4-10-15-11(17)6-12(18)16-10/h1,3,5-6H,2,4,14H2,(H2,15,16,17,18). The molecule has 0 aliphatic carbocycles. The predicted octanol–water partition coefficient (Wildman–Crippen LogP) is 1.50. The van der Waals surface area contributed by atoms with Gasteiger partial charge < -0.3 is 15.8 Å². The molecule has 94 valence electrons. The molecule has 2 rings (SSSR count). The second kappa shape index (κ2) is 5.10. The Hall–Kier alpha value is -2.01. The van der Waals surface area contributed by atoms with Gasteiger partial charge in [0, 0.05) is 6.42 Å². The van der Waals surface area contributed by atoms with E-state index in [4.69, 9.17) is 17.3 Å². The number of aromatic amines is 1. The average molecular weight is 266 g/mol. The second-order valence-electron chi connectivity index (χ2n) is 3.91. The molecule has 0 radical (unpaired) electrons. The van der Waals surface area contributed by atoms with Crippen LogP contribution in [0.5, 0.6) is 5.88 Å². The molecule has 0 aliphatic heterocycles. The first-order valence-electron chi connectivity index (χ1n) is 5.38. The zero-order chi connectivity index (χ0) is 13.1. The van der Waals surface area contributed by atoms with Crippen LogP contribution < -0.4 is 11.3 Å². The van der Waals surface area contributed by atoms with Gasteiger partial charge in [0.25, 0.3) is 5.56 Å². The smallest absolute Gasteiger partial charge is 0.254 e. The zero-order valence-corrected chi connectivity index (χ0v) is 10.2. The molecule has 4 N–H and O–H groups in total. The topological polar surface area (TPSA) is 92.0 Å². The van der Waals surface area contributed by atoms with Crippen LogP contribution in [-0.4, -0.2) is 15.1 Å². The molecule has 1 aromatic heterocycles. The van der Waals surface area contributed by atoms with Gasteiger partial charge >= 0.3 is 0 Å². The van der Waals surface area contributed by atoms with E-state index in [1.165, 1.54) is 0 Å². The van der Waals surface area contributed by atoms with Gasteiger partial charge in [-0.2, -0.15) is 0 Å². The summed E-state index contributed by atoms with van der Waals surface area (Å²) in [6, 6.07) is 6.40. The van der Waals surface area contributed by atoms with Crippen LogP contribution in [0.3, 0.4) is 0 Å². The van der Waals surface area contributed by atoms with E-state index >= 15 is 0 Å². The maximum absolute atomic E-state index is 11.1. The highest BCUT2D eigenvalue weighted by Gasteiger charge is 2.03. The molecule has 0 atom stereocenters. The van der Waals surface area contributed by atoms with Gasteiger partial charge in [0.05, 0.1) is 16.8 Å². The number of rotatable bonds is 3. The van der Waals surface area contributed by atoms with Crippen molar-refractivity contribution >= 4 is 17.3 Å². The third-order valence-corrected chi connectivity index (χ3v) is 2.83. The predicted molar refractivity (Wildman–Crippen MR) is 69.8 cm³/mol. The van der Waals surface area contributed by atoms with E-state index in [2.05, 4.69) is 9.97 Å². The Balaban J connectivity index is 2.11. The van der Waals surface area contributed by atoms with Crippen LogP contribution in [0.25, 0.3) is 0 Å². The number of aromatic hydroxyl groups is 1. The highest BCUT2D eigenvalue weighted by atomic mass is 35.5. The van der Waals surface area contributed by atoms with Gasteiger partial charge in [0.2, 0.25) is 5.88 Å². The summed E-state index contributed by atoms with van der Waals surface area (Å²) in [5, 5.41) is 9.72. The Morgan fingerprint density at radius 3 is 2.78 bits per heavy atom. The summed E-state index contributed by atoms with van der Waals surface area (Å²) in [6.45, 7) is 0. The van der Waals surface area contributed by atoms with Crippen LogP contribution in [-0.2, 0) is 12.8 Å². The Kier molecular flexibility index (Phi) is 3.53. The quantitative estimate of drug-likeness (QED) is 0.733. The van der Waals surface area contributed by atoms with E-state index in [9.17, 15) is 9.90 Å². The molecular weight excluding hydrogens is 254 g/mol. The first-order valence-corrected chi connectivity index (χ1v) is 5.75. The van der Waals surface area contributed by atoms with Gasteiger partial charge in [0.15, 0.2) is 0 Å². The van der Waals surface area contributed by atoms with E-state index < -0.39 is 0 Å². The van der Waals surface area contributed by atoms with Gasteiger partial charge in [-0.1, -0.05) is 17.7 Å². The minimum Gasteiger partial charge on any atom is -0.493 e. The first kappa shape index (κ1) is 12.4. The molecule has 0 unspecified atom stereocenters. The molecule has 0 amide bonds. The lowest BCUT2D eigenvalue weighted by atomic mass is 10.1. The Morgan fingerprint density at radius 1 is 1.33 bits per heavy atom. The van der Waals surface area contributed by atoms with E-state index in [1.54, 1.807) is 12.1 Å². The number of aromatic nitrogens is 2. The summed E-state index contributed by atoms with van der Waals surface area (Å²) in [5.74, 6) is 0.165. The summed E-state index contributed by atoms with van der Waals surface area (Å²) in [4.78, 5) is 17.5. The van der Waals surface area contributed by atoms with Crippen molar-refractivity contribution in [2.75, 3.05) is 5.73 Å². The Labute approximate surface area is 108 Å². The molecule has 0 aliphatic rings. The summed E-state index contributed by atoms with van der Waals surface area (Å²) in [6.07, 6.45) is 1.15. The third-order valence-electron chi connectivity index (χ3n) is 2.49. The van der Waals surface area contributed by atoms with E-state index in [-0.39, 0.29) is 11.4 Å². The van der Waals surface area contributed by atoms with Gasteiger partial charge in [0.1, 0.15) is 5.82 Å². The molecule has 18 heavy (non-hydrogen) atoms. The molecule has 1 heterocycles. The van der Waals surface area contributed by atoms with Crippen LogP contribution in [0.1, 0.15) is 11.4 Å². The largest absolute Gasteiger partial charge is 0.493 e. The van der Waals surface area contributed by atoms with Crippen LogP contribution >= 0.6 is 11.6 Å². The van der Waals surface area contributed by atoms with Crippen LogP contribution in [0.4, 0.5) is 5.69 Å². The Morgan fingerprint density at radius 2 is 2.11 bits per heavy atom. The summed E-state index contributed by atoms with van der Waals surface area (Å²) < 4.78 is 0. The molecule has 0 saturated heterocycles. The molecule has 6 heteroatoms. The lowest BCUT2D eigenvalue weighted by Gasteiger charge is -2.04. The second-order valence-corrected chi connectivity index (χ2v) is 4.31. The third kappa shape index (κ3) is 3.01. The van der Waals surface area contributed by atoms with Crippen molar-refractivity contribution in [1.29, 1.82) is 0 Å². The number of nitrogen functional groups attached to an aromatic ring is 1. The number of nitrogens with two attached hydrogens (primary N) is 1. The Bertz CT molecular complexity index is 625. The monoisotopic (exact) mass is 265 g/mol. The molecule has 0 bridgehead atoms. The van der Waals surface area contributed by atoms with E-state index in [0.717, 1.165) is 11.6 Å². The first-order chi connectivity index (χ1) is 8.54. The molecule has 0 fully saturated rings. The number of benzene rings is 1. The fourth-order valence-electron chi connectivity index (χ4n) is 1.62. The number of hydrogen-bond acceptors (Lipinski definition) is 4. The summed E-state index contributed by atoms with van der Waals surface area (Å²) in [7, 11) is 0. The lowest BCUT2D eigenvalue weighted by molar-refractivity contribution is 0.447. The molecule has 0 saturated carbocycles. The fraction of sp³-hybridized carbons (Fsp3) is 0.167. The minimum atomic E-state index is -0.367. The maximum Gasteiger partial charge on any atom is 0.254 e. The van der Waals surface area contributed by atoms with Crippen molar-refractivity contribution in [2.45, 2.75) is 12.8 Å².